The largest absolute Gasteiger partial charge is 0.361 e. The van der Waals surface area contributed by atoms with Crippen molar-refractivity contribution in [3.8, 4) is 11.3 Å². The van der Waals surface area contributed by atoms with Crippen LogP contribution in [0.1, 0.15) is 5.56 Å². The molecule has 1 heterocycles. The SMILES string of the molecule is Cc1ccc(-c2cc(=O)cc[nH]2)cc1. The van der Waals surface area contributed by atoms with Gasteiger partial charge in [0.1, 0.15) is 0 Å². The highest BCUT2D eigenvalue weighted by atomic mass is 16.1. The summed E-state index contributed by atoms with van der Waals surface area (Å²) in [5.74, 6) is 0. The van der Waals surface area contributed by atoms with Gasteiger partial charge in [-0.25, -0.2) is 0 Å². The average molecular weight is 185 g/mol. The van der Waals surface area contributed by atoms with Crippen molar-refractivity contribution in [3.05, 3.63) is 58.4 Å². The van der Waals surface area contributed by atoms with Crippen LogP contribution >= 0.6 is 0 Å². The molecule has 0 atom stereocenters. The molecule has 1 N–H and O–H groups in total. The summed E-state index contributed by atoms with van der Waals surface area (Å²) in [6.45, 7) is 2.04. The van der Waals surface area contributed by atoms with Gasteiger partial charge in [-0.1, -0.05) is 29.8 Å². The predicted molar refractivity (Wildman–Crippen MR) is 57.2 cm³/mol. The Kier molecular flexibility index (Phi) is 2.19. The van der Waals surface area contributed by atoms with Crippen LogP contribution in [0, 0.1) is 6.92 Å². The van der Waals surface area contributed by atoms with E-state index in [2.05, 4.69) is 4.98 Å². The normalized spacial score (nSPS) is 10.1. The summed E-state index contributed by atoms with van der Waals surface area (Å²) in [6.07, 6.45) is 1.66. The second-order valence-electron chi connectivity index (χ2n) is 3.30. The highest BCUT2D eigenvalue weighted by molar-refractivity contribution is 5.58. The van der Waals surface area contributed by atoms with Crippen LogP contribution in [-0.2, 0) is 0 Å². The number of benzene rings is 1. The van der Waals surface area contributed by atoms with Crippen LogP contribution < -0.4 is 5.43 Å². The summed E-state index contributed by atoms with van der Waals surface area (Å²) in [5.41, 5.74) is 3.14. The van der Waals surface area contributed by atoms with Crippen molar-refractivity contribution in [2.45, 2.75) is 6.92 Å². The Hall–Kier alpha value is -1.83. The molecule has 0 bridgehead atoms. The molecule has 0 aliphatic rings. The van der Waals surface area contributed by atoms with Crippen molar-refractivity contribution in [1.82, 2.24) is 4.98 Å². The van der Waals surface area contributed by atoms with E-state index in [-0.39, 0.29) is 5.43 Å². The van der Waals surface area contributed by atoms with Gasteiger partial charge in [-0.3, -0.25) is 4.79 Å². The average Bonchev–Trinajstić information content (AvgIpc) is 2.19. The highest BCUT2D eigenvalue weighted by Gasteiger charge is 1.96. The number of pyridine rings is 1. The molecule has 2 aromatic rings. The van der Waals surface area contributed by atoms with Gasteiger partial charge in [0.25, 0.3) is 0 Å². The minimum atomic E-state index is 0.0272. The van der Waals surface area contributed by atoms with Gasteiger partial charge in [-0.05, 0) is 12.5 Å². The lowest BCUT2D eigenvalue weighted by Crippen LogP contribution is -1.97. The third-order valence-corrected chi connectivity index (χ3v) is 2.14. The quantitative estimate of drug-likeness (QED) is 0.726. The lowest BCUT2D eigenvalue weighted by Gasteiger charge is -2.00. The Balaban J connectivity index is 2.50. The Labute approximate surface area is 82.2 Å². The van der Waals surface area contributed by atoms with E-state index in [0.717, 1.165) is 11.3 Å². The summed E-state index contributed by atoms with van der Waals surface area (Å²) in [5, 5.41) is 0. The molecule has 1 aromatic heterocycles. The van der Waals surface area contributed by atoms with E-state index in [0.29, 0.717) is 0 Å². The van der Waals surface area contributed by atoms with Crippen molar-refractivity contribution in [2.24, 2.45) is 0 Å². The van der Waals surface area contributed by atoms with Gasteiger partial charge in [-0.15, -0.1) is 0 Å². The zero-order chi connectivity index (χ0) is 9.97. The summed E-state index contributed by atoms with van der Waals surface area (Å²) in [6, 6.07) is 11.2. The fourth-order valence-electron chi connectivity index (χ4n) is 1.35. The van der Waals surface area contributed by atoms with Gasteiger partial charge < -0.3 is 4.98 Å². The van der Waals surface area contributed by atoms with E-state index in [9.17, 15) is 4.79 Å². The van der Waals surface area contributed by atoms with Crippen molar-refractivity contribution >= 4 is 0 Å². The van der Waals surface area contributed by atoms with E-state index in [4.69, 9.17) is 0 Å². The Bertz CT molecular complexity index is 482. The summed E-state index contributed by atoms with van der Waals surface area (Å²) < 4.78 is 0. The second kappa shape index (κ2) is 3.50. The molecule has 1 aromatic carbocycles. The molecule has 0 aliphatic carbocycles. The fraction of sp³-hybridized carbons (Fsp3) is 0.0833. The number of nitrogens with one attached hydrogen (secondary N) is 1. The molecule has 0 saturated heterocycles. The fourth-order valence-corrected chi connectivity index (χ4v) is 1.35. The molecular formula is C12H11NO. The Morgan fingerprint density at radius 1 is 1.07 bits per heavy atom. The van der Waals surface area contributed by atoms with Crippen LogP contribution in [0.2, 0.25) is 0 Å². The third kappa shape index (κ3) is 1.74. The molecule has 2 heteroatoms. The number of hydrogen-bond donors (Lipinski definition) is 1. The monoisotopic (exact) mass is 185 g/mol. The molecule has 2 nitrogen and oxygen atoms in total. The van der Waals surface area contributed by atoms with Gasteiger partial charge in [0.15, 0.2) is 5.43 Å². The van der Waals surface area contributed by atoms with Crippen LogP contribution in [0.4, 0.5) is 0 Å². The first-order valence-corrected chi connectivity index (χ1v) is 4.51. The molecule has 0 aliphatic heterocycles. The molecule has 0 amide bonds. The third-order valence-electron chi connectivity index (χ3n) is 2.14. The van der Waals surface area contributed by atoms with Crippen molar-refractivity contribution in [2.75, 3.05) is 0 Å². The first kappa shape index (κ1) is 8.75. The molecule has 0 fully saturated rings. The number of aryl methyl sites for hydroxylation is 1. The minimum absolute atomic E-state index is 0.0272. The van der Waals surface area contributed by atoms with E-state index < -0.39 is 0 Å². The van der Waals surface area contributed by atoms with Gasteiger partial charge in [0, 0.05) is 24.0 Å². The number of H-pyrrole nitrogens is 1. The molecule has 2 rings (SSSR count). The van der Waals surface area contributed by atoms with Crippen LogP contribution in [-0.4, -0.2) is 4.98 Å². The van der Waals surface area contributed by atoms with Gasteiger partial charge in [-0.2, -0.15) is 0 Å². The maximum absolute atomic E-state index is 11.1. The van der Waals surface area contributed by atoms with Crippen LogP contribution in [0.5, 0.6) is 0 Å². The molecule has 0 saturated carbocycles. The summed E-state index contributed by atoms with van der Waals surface area (Å²) in [4.78, 5) is 14.2. The van der Waals surface area contributed by atoms with Crippen LogP contribution in [0.3, 0.4) is 0 Å². The van der Waals surface area contributed by atoms with Gasteiger partial charge >= 0.3 is 0 Å². The first-order chi connectivity index (χ1) is 6.75. The number of aromatic amines is 1. The maximum atomic E-state index is 11.1. The maximum Gasteiger partial charge on any atom is 0.182 e. The minimum Gasteiger partial charge on any atom is -0.361 e. The zero-order valence-electron chi connectivity index (χ0n) is 7.95. The van der Waals surface area contributed by atoms with E-state index in [1.807, 2.05) is 31.2 Å². The summed E-state index contributed by atoms with van der Waals surface area (Å²) in [7, 11) is 0. The molecular weight excluding hydrogens is 174 g/mol. The van der Waals surface area contributed by atoms with E-state index in [1.165, 1.54) is 11.6 Å². The highest BCUT2D eigenvalue weighted by Crippen LogP contribution is 2.14. The lowest BCUT2D eigenvalue weighted by atomic mass is 10.1. The zero-order valence-corrected chi connectivity index (χ0v) is 7.95. The van der Waals surface area contributed by atoms with Crippen LogP contribution in [0.15, 0.2) is 47.4 Å². The molecule has 0 radical (unpaired) electrons. The topological polar surface area (TPSA) is 32.9 Å². The predicted octanol–water partition coefficient (Wildman–Crippen LogP) is 2.35. The Morgan fingerprint density at radius 2 is 1.79 bits per heavy atom. The molecule has 14 heavy (non-hydrogen) atoms. The van der Waals surface area contributed by atoms with Crippen molar-refractivity contribution in [1.29, 1.82) is 0 Å². The number of aromatic nitrogens is 1. The van der Waals surface area contributed by atoms with Gasteiger partial charge in [0.2, 0.25) is 0 Å². The van der Waals surface area contributed by atoms with Crippen molar-refractivity contribution < 1.29 is 0 Å². The van der Waals surface area contributed by atoms with Crippen LogP contribution in [0.25, 0.3) is 11.3 Å². The first-order valence-electron chi connectivity index (χ1n) is 4.51. The lowest BCUT2D eigenvalue weighted by molar-refractivity contribution is 1.30. The second-order valence-corrected chi connectivity index (χ2v) is 3.30. The molecule has 0 unspecified atom stereocenters. The van der Waals surface area contributed by atoms with Crippen molar-refractivity contribution in [3.63, 3.8) is 0 Å². The smallest absolute Gasteiger partial charge is 0.182 e. The molecule has 70 valence electrons. The van der Waals surface area contributed by atoms with Gasteiger partial charge in [0.05, 0.1) is 0 Å². The number of hydrogen-bond acceptors (Lipinski definition) is 1. The Morgan fingerprint density at radius 3 is 2.43 bits per heavy atom. The summed E-state index contributed by atoms with van der Waals surface area (Å²) >= 11 is 0. The van der Waals surface area contributed by atoms with E-state index >= 15 is 0 Å². The molecule has 0 spiro atoms. The van der Waals surface area contributed by atoms with E-state index in [1.54, 1.807) is 12.3 Å². The standard InChI is InChI=1S/C12H11NO/c1-9-2-4-10(5-3-9)12-8-11(14)6-7-13-12/h2-8H,1H3,(H,13,14). The number of rotatable bonds is 1.